The second-order valence-corrected chi connectivity index (χ2v) is 5.90. The summed E-state index contributed by atoms with van der Waals surface area (Å²) >= 11 is 5.91. The molecule has 5 nitrogen and oxygen atoms in total. The summed E-state index contributed by atoms with van der Waals surface area (Å²) in [6.45, 7) is 0. The fraction of sp³-hybridized carbons (Fsp3) is 0.500. The van der Waals surface area contributed by atoms with Gasteiger partial charge in [0.25, 0.3) is 0 Å². The van der Waals surface area contributed by atoms with Crippen molar-refractivity contribution >= 4 is 23.5 Å². The van der Waals surface area contributed by atoms with Gasteiger partial charge < -0.3 is 14.8 Å². The molecule has 1 aromatic rings. The van der Waals surface area contributed by atoms with Crippen molar-refractivity contribution in [1.29, 1.82) is 0 Å². The quantitative estimate of drug-likeness (QED) is 0.845. The molecule has 1 amide bonds. The van der Waals surface area contributed by atoms with E-state index in [2.05, 4.69) is 5.32 Å². The minimum Gasteiger partial charge on any atom is -0.496 e. The molecule has 1 N–H and O–H groups in total. The summed E-state index contributed by atoms with van der Waals surface area (Å²) < 4.78 is 10.1. The number of ether oxygens (including phenoxy) is 2. The van der Waals surface area contributed by atoms with Crippen LogP contribution >= 0.6 is 11.6 Å². The first-order valence-corrected chi connectivity index (χ1v) is 7.60. The van der Waals surface area contributed by atoms with E-state index in [9.17, 15) is 9.59 Å². The van der Waals surface area contributed by atoms with Crippen LogP contribution in [-0.4, -0.2) is 31.6 Å². The van der Waals surface area contributed by atoms with Crippen molar-refractivity contribution < 1.29 is 19.1 Å². The zero-order valence-corrected chi connectivity index (χ0v) is 13.5. The Morgan fingerprint density at radius 1 is 1.27 bits per heavy atom. The zero-order chi connectivity index (χ0) is 16.2. The van der Waals surface area contributed by atoms with Crippen LogP contribution in [0.5, 0.6) is 5.75 Å². The van der Waals surface area contributed by atoms with Crippen LogP contribution in [-0.2, 0) is 20.7 Å². The molecule has 0 saturated heterocycles. The van der Waals surface area contributed by atoms with Gasteiger partial charge in [0.2, 0.25) is 5.91 Å². The molecule has 0 atom stereocenters. The summed E-state index contributed by atoms with van der Waals surface area (Å²) in [5, 5.41) is 3.40. The number of carbonyl (C=O) groups excluding carboxylic acids is 2. The topological polar surface area (TPSA) is 64.6 Å². The van der Waals surface area contributed by atoms with Gasteiger partial charge in [-0.3, -0.25) is 4.79 Å². The molecule has 0 spiro atoms. The molecule has 1 aromatic carbocycles. The molecule has 0 aromatic heterocycles. The lowest BCUT2D eigenvalue weighted by Crippen LogP contribution is -2.53. The minimum atomic E-state index is -0.883. The van der Waals surface area contributed by atoms with Crippen LogP contribution in [0.4, 0.5) is 0 Å². The van der Waals surface area contributed by atoms with Crippen molar-refractivity contribution in [3.8, 4) is 5.75 Å². The van der Waals surface area contributed by atoms with E-state index in [1.54, 1.807) is 18.2 Å². The lowest BCUT2D eigenvalue weighted by Gasteiger charge is -2.27. The molecule has 0 bridgehead atoms. The van der Waals surface area contributed by atoms with Gasteiger partial charge in [-0.2, -0.15) is 0 Å². The lowest BCUT2D eigenvalue weighted by atomic mass is 9.97. The Hall–Kier alpha value is -1.75. The van der Waals surface area contributed by atoms with Crippen LogP contribution in [0.2, 0.25) is 5.02 Å². The maximum absolute atomic E-state index is 12.3. The Bertz CT molecular complexity index is 567. The van der Waals surface area contributed by atoms with Gasteiger partial charge in [-0.05, 0) is 25.0 Å². The van der Waals surface area contributed by atoms with Gasteiger partial charge in [-0.15, -0.1) is 0 Å². The van der Waals surface area contributed by atoms with E-state index >= 15 is 0 Å². The van der Waals surface area contributed by atoms with Gasteiger partial charge in [-0.25, -0.2) is 4.79 Å². The van der Waals surface area contributed by atoms with Crippen LogP contribution in [0.3, 0.4) is 0 Å². The number of amides is 1. The van der Waals surface area contributed by atoms with E-state index in [4.69, 9.17) is 21.1 Å². The molecule has 0 heterocycles. The molecular formula is C16H20ClNO4. The summed E-state index contributed by atoms with van der Waals surface area (Å²) in [4.78, 5) is 24.4. The van der Waals surface area contributed by atoms with Crippen molar-refractivity contribution in [2.75, 3.05) is 14.2 Å². The summed E-state index contributed by atoms with van der Waals surface area (Å²) in [6, 6.07) is 5.12. The Morgan fingerprint density at radius 2 is 1.95 bits per heavy atom. The molecule has 0 unspecified atom stereocenters. The summed E-state index contributed by atoms with van der Waals surface area (Å²) in [7, 11) is 2.87. The maximum Gasteiger partial charge on any atom is 0.331 e. The normalized spacial score (nSPS) is 16.1. The highest BCUT2D eigenvalue weighted by molar-refractivity contribution is 6.30. The van der Waals surface area contributed by atoms with Crippen LogP contribution in [0.25, 0.3) is 0 Å². The van der Waals surface area contributed by atoms with Crippen LogP contribution < -0.4 is 10.1 Å². The van der Waals surface area contributed by atoms with Gasteiger partial charge in [0.1, 0.15) is 11.3 Å². The van der Waals surface area contributed by atoms with Crippen molar-refractivity contribution in [3.63, 3.8) is 0 Å². The Kier molecular flexibility index (Phi) is 5.29. The minimum absolute atomic E-state index is 0.124. The molecule has 1 aliphatic rings. The van der Waals surface area contributed by atoms with Crippen molar-refractivity contribution in [1.82, 2.24) is 5.32 Å². The Labute approximate surface area is 134 Å². The second-order valence-electron chi connectivity index (χ2n) is 5.46. The highest BCUT2D eigenvalue weighted by Gasteiger charge is 2.43. The molecule has 1 aliphatic carbocycles. The Balaban J connectivity index is 2.11. The largest absolute Gasteiger partial charge is 0.496 e. The van der Waals surface area contributed by atoms with E-state index in [0.717, 1.165) is 18.4 Å². The summed E-state index contributed by atoms with van der Waals surface area (Å²) in [5.41, 5.74) is -0.159. The first-order valence-electron chi connectivity index (χ1n) is 7.22. The molecule has 6 heteroatoms. The van der Waals surface area contributed by atoms with E-state index in [-0.39, 0.29) is 18.3 Å². The predicted octanol–water partition coefficient (Wildman–Crippen LogP) is 2.49. The highest BCUT2D eigenvalue weighted by atomic mass is 35.5. The maximum atomic E-state index is 12.3. The fourth-order valence-corrected chi connectivity index (χ4v) is 3.06. The highest BCUT2D eigenvalue weighted by Crippen LogP contribution is 2.31. The fourth-order valence-electron chi connectivity index (χ4n) is 2.90. The van der Waals surface area contributed by atoms with Crippen molar-refractivity contribution in [3.05, 3.63) is 28.8 Å². The standard InChI is InChI=1S/C16H20ClNO4/c1-21-13-10-12(17)6-5-11(13)9-14(19)18-16(15(20)22-2)7-3-4-8-16/h5-6,10H,3-4,7-9H2,1-2H3,(H,18,19). The first-order chi connectivity index (χ1) is 10.5. The van der Waals surface area contributed by atoms with Gasteiger partial charge in [0, 0.05) is 10.6 Å². The molecule has 1 fully saturated rings. The van der Waals surface area contributed by atoms with E-state index < -0.39 is 5.54 Å². The number of methoxy groups -OCH3 is 2. The van der Waals surface area contributed by atoms with Crippen LogP contribution in [0, 0.1) is 0 Å². The van der Waals surface area contributed by atoms with Gasteiger partial charge in [0.15, 0.2) is 0 Å². The number of rotatable bonds is 5. The molecule has 0 aliphatic heterocycles. The van der Waals surface area contributed by atoms with Gasteiger partial charge in [-0.1, -0.05) is 30.5 Å². The average Bonchev–Trinajstić information content (AvgIpc) is 2.97. The monoisotopic (exact) mass is 325 g/mol. The number of carbonyl (C=O) groups is 2. The summed E-state index contributed by atoms with van der Waals surface area (Å²) in [6.07, 6.45) is 3.16. The molecule has 22 heavy (non-hydrogen) atoms. The number of halogens is 1. The van der Waals surface area contributed by atoms with Crippen molar-refractivity contribution in [2.24, 2.45) is 0 Å². The average molecular weight is 326 g/mol. The molecule has 120 valence electrons. The van der Waals surface area contributed by atoms with Crippen molar-refractivity contribution in [2.45, 2.75) is 37.6 Å². The molecule has 2 rings (SSSR count). The molecular weight excluding hydrogens is 306 g/mol. The van der Waals surface area contributed by atoms with E-state index in [1.807, 2.05) is 0 Å². The zero-order valence-electron chi connectivity index (χ0n) is 12.8. The van der Waals surface area contributed by atoms with E-state index in [0.29, 0.717) is 23.6 Å². The SMILES string of the molecule is COC(=O)C1(NC(=O)Cc2ccc(Cl)cc2OC)CCCC1. The first kappa shape index (κ1) is 16.6. The van der Waals surface area contributed by atoms with Crippen LogP contribution in [0.15, 0.2) is 18.2 Å². The Morgan fingerprint density at radius 3 is 2.55 bits per heavy atom. The number of benzene rings is 1. The van der Waals surface area contributed by atoms with Gasteiger partial charge >= 0.3 is 5.97 Å². The summed E-state index contributed by atoms with van der Waals surface area (Å²) in [5.74, 6) is -0.0458. The van der Waals surface area contributed by atoms with Gasteiger partial charge in [0.05, 0.1) is 20.6 Å². The lowest BCUT2D eigenvalue weighted by molar-refractivity contribution is -0.150. The smallest absolute Gasteiger partial charge is 0.331 e. The van der Waals surface area contributed by atoms with Crippen LogP contribution in [0.1, 0.15) is 31.2 Å². The predicted molar refractivity (Wildman–Crippen MR) is 83.1 cm³/mol. The molecule has 1 saturated carbocycles. The molecule has 0 radical (unpaired) electrons. The number of hydrogen-bond acceptors (Lipinski definition) is 4. The third-order valence-electron chi connectivity index (χ3n) is 4.01. The van der Waals surface area contributed by atoms with E-state index in [1.165, 1.54) is 14.2 Å². The number of nitrogens with one attached hydrogen (secondary N) is 1. The third kappa shape index (κ3) is 3.53. The number of esters is 1. The number of hydrogen-bond donors (Lipinski definition) is 1. The third-order valence-corrected chi connectivity index (χ3v) is 4.25. The second kappa shape index (κ2) is 7.01.